The molecule has 140 valence electrons. The molecule has 25 heavy (non-hydrogen) atoms. The summed E-state index contributed by atoms with van der Waals surface area (Å²) in [5.41, 5.74) is 1.73. The molecule has 0 aliphatic rings. The third-order valence-corrected chi connectivity index (χ3v) is 4.92. The Morgan fingerprint density at radius 3 is 1.96 bits per heavy atom. The van der Waals surface area contributed by atoms with Crippen LogP contribution in [0, 0.1) is 0 Å². The van der Waals surface area contributed by atoms with Gasteiger partial charge < -0.3 is 4.74 Å². The van der Waals surface area contributed by atoms with Crippen molar-refractivity contribution in [1.29, 1.82) is 0 Å². The second-order valence-electron chi connectivity index (χ2n) is 6.95. The first-order valence-corrected chi connectivity index (χ1v) is 10.0. The van der Waals surface area contributed by atoms with Gasteiger partial charge in [-0.2, -0.15) is 0 Å². The second kappa shape index (κ2) is 13.7. The molecule has 1 atom stereocenters. The first-order chi connectivity index (χ1) is 12.2. The molecule has 1 unspecified atom stereocenters. The number of carbonyl (C=O) groups is 1. The van der Waals surface area contributed by atoms with Crippen LogP contribution in [0.5, 0.6) is 0 Å². The Bertz CT molecular complexity index is 478. The molecule has 2 nitrogen and oxygen atoms in total. The highest BCUT2D eigenvalue weighted by Gasteiger charge is 2.20. The molecule has 0 spiro atoms. The Kier molecular flexibility index (Phi) is 11.8. The molecule has 1 aromatic carbocycles. The highest BCUT2D eigenvalue weighted by Crippen LogP contribution is 2.30. The summed E-state index contributed by atoms with van der Waals surface area (Å²) in [6.07, 6.45) is 14.2. The molecule has 0 fully saturated rings. The van der Waals surface area contributed by atoms with Crippen molar-refractivity contribution in [3.05, 3.63) is 48.0 Å². The van der Waals surface area contributed by atoms with E-state index in [1.807, 2.05) is 18.2 Å². The Labute approximate surface area is 154 Å². The zero-order valence-electron chi connectivity index (χ0n) is 16.3. The quantitative estimate of drug-likeness (QED) is 0.210. The van der Waals surface area contributed by atoms with Gasteiger partial charge in [0.05, 0.1) is 7.11 Å². The summed E-state index contributed by atoms with van der Waals surface area (Å²) in [6, 6.07) is 10.2. The molecule has 0 bridgehead atoms. The molecule has 0 amide bonds. The van der Waals surface area contributed by atoms with Crippen molar-refractivity contribution in [2.45, 2.75) is 83.5 Å². The molecule has 1 aromatic rings. The number of methoxy groups -OCH3 is 1. The molecular weight excluding hydrogens is 308 g/mol. The van der Waals surface area contributed by atoms with Gasteiger partial charge in [0.1, 0.15) is 0 Å². The van der Waals surface area contributed by atoms with Crippen LogP contribution in [0.1, 0.15) is 89.0 Å². The average Bonchev–Trinajstić information content (AvgIpc) is 2.65. The molecule has 0 N–H and O–H groups in total. The van der Waals surface area contributed by atoms with Crippen LogP contribution in [-0.4, -0.2) is 13.1 Å². The van der Waals surface area contributed by atoms with Gasteiger partial charge in [-0.15, -0.1) is 0 Å². The SMILES string of the molecule is C=C(C(=O)OC)C(CCCCCCCCCCCC)c1ccccc1. The second-order valence-corrected chi connectivity index (χ2v) is 6.95. The highest BCUT2D eigenvalue weighted by atomic mass is 16.5. The number of hydrogen-bond acceptors (Lipinski definition) is 2. The standard InChI is InChI=1S/C23H36O2/c1-4-5-6-7-8-9-10-11-12-16-19-22(20(2)23(24)25-3)21-17-14-13-15-18-21/h13-15,17-18,22H,2,4-12,16,19H2,1,3H3. The summed E-state index contributed by atoms with van der Waals surface area (Å²) in [5, 5.41) is 0. The summed E-state index contributed by atoms with van der Waals surface area (Å²) in [5.74, 6) is -0.219. The number of carbonyl (C=O) groups excluding carboxylic acids is 1. The number of ether oxygens (including phenoxy) is 1. The molecular formula is C23H36O2. The van der Waals surface area contributed by atoms with E-state index in [1.54, 1.807) is 0 Å². The van der Waals surface area contributed by atoms with Gasteiger partial charge in [-0.05, 0) is 12.0 Å². The minimum atomic E-state index is -0.291. The van der Waals surface area contributed by atoms with E-state index in [0.717, 1.165) is 18.4 Å². The molecule has 0 radical (unpaired) electrons. The minimum Gasteiger partial charge on any atom is -0.466 e. The van der Waals surface area contributed by atoms with Crippen LogP contribution in [0.3, 0.4) is 0 Å². The fraction of sp³-hybridized carbons (Fsp3) is 0.609. The van der Waals surface area contributed by atoms with E-state index in [4.69, 9.17) is 4.74 Å². The molecule has 1 rings (SSSR count). The van der Waals surface area contributed by atoms with Crippen molar-refractivity contribution in [2.24, 2.45) is 0 Å². The third-order valence-electron chi connectivity index (χ3n) is 4.92. The van der Waals surface area contributed by atoms with Crippen molar-refractivity contribution >= 4 is 5.97 Å². The first-order valence-electron chi connectivity index (χ1n) is 10.0. The van der Waals surface area contributed by atoms with Gasteiger partial charge in [-0.3, -0.25) is 0 Å². The Morgan fingerprint density at radius 2 is 1.44 bits per heavy atom. The van der Waals surface area contributed by atoms with Crippen molar-refractivity contribution in [2.75, 3.05) is 7.11 Å². The lowest BCUT2D eigenvalue weighted by molar-refractivity contribution is -0.136. The zero-order valence-corrected chi connectivity index (χ0v) is 16.3. The minimum absolute atomic E-state index is 0.0719. The number of esters is 1. The molecule has 0 aromatic heterocycles. The van der Waals surface area contributed by atoms with Crippen LogP contribution in [0.25, 0.3) is 0 Å². The summed E-state index contributed by atoms with van der Waals surface area (Å²) >= 11 is 0. The number of benzene rings is 1. The van der Waals surface area contributed by atoms with Gasteiger partial charge in [-0.1, -0.05) is 108 Å². The summed E-state index contributed by atoms with van der Waals surface area (Å²) in [6.45, 7) is 6.25. The van der Waals surface area contributed by atoms with Gasteiger partial charge in [0, 0.05) is 11.5 Å². The van der Waals surface area contributed by atoms with Crippen molar-refractivity contribution in [3.63, 3.8) is 0 Å². The van der Waals surface area contributed by atoms with E-state index in [0.29, 0.717) is 5.57 Å². The Balaban J connectivity index is 2.30. The van der Waals surface area contributed by atoms with Crippen LogP contribution >= 0.6 is 0 Å². The van der Waals surface area contributed by atoms with Crippen LogP contribution in [-0.2, 0) is 9.53 Å². The van der Waals surface area contributed by atoms with Crippen LogP contribution in [0.15, 0.2) is 42.5 Å². The van der Waals surface area contributed by atoms with Crippen LogP contribution < -0.4 is 0 Å². The summed E-state index contributed by atoms with van der Waals surface area (Å²) in [7, 11) is 1.43. The lowest BCUT2D eigenvalue weighted by Gasteiger charge is -2.18. The van der Waals surface area contributed by atoms with E-state index >= 15 is 0 Å². The first kappa shape index (κ1) is 21.5. The molecule has 0 heterocycles. The topological polar surface area (TPSA) is 26.3 Å². The van der Waals surface area contributed by atoms with Gasteiger partial charge in [0.2, 0.25) is 0 Å². The maximum Gasteiger partial charge on any atom is 0.333 e. The van der Waals surface area contributed by atoms with Crippen LogP contribution in [0.2, 0.25) is 0 Å². The number of rotatable bonds is 14. The molecule has 0 saturated heterocycles. The normalized spacial score (nSPS) is 11.9. The fourth-order valence-corrected chi connectivity index (χ4v) is 3.34. The smallest absolute Gasteiger partial charge is 0.333 e. The molecule has 2 heteroatoms. The van der Waals surface area contributed by atoms with Crippen molar-refractivity contribution in [1.82, 2.24) is 0 Å². The Morgan fingerprint density at radius 1 is 0.920 bits per heavy atom. The molecule has 0 aliphatic carbocycles. The lowest BCUT2D eigenvalue weighted by Crippen LogP contribution is -2.12. The predicted octanol–water partition coefficient (Wildman–Crippen LogP) is 6.81. The van der Waals surface area contributed by atoms with Crippen molar-refractivity contribution < 1.29 is 9.53 Å². The Hall–Kier alpha value is -1.57. The average molecular weight is 345 g/mol. The molecule has 0 saturated carbocycles. The maximum absolute atomic E-state index is 11.9. The highest BCUT2D eigenvalue weighted by molar-refractivity contribution is 5.89. The summed E-state index contributed by atoms with van der Waals surface area (Å²) < 4.78 is 4.88. The largest absolute Gasteiger partial charge is 0.466 e. The third kappa shape index (κ3) is 8.90. The van der Waals surface area contributed by atoms with E-state index in [-0.39, 0.29) is 11.9 Å². The van der Waals surface area contributed by atoms with E-state index < -0.39 is 0 Å². The van der Waals surface area contributed by atoms with Gasteiger partial charge >= 0.3 is 5.97 Å². The van der Waals surface area contributed by atoms with Gasteiger partial charge in [0.15, 0.2) is 0 Å². The summed E-state index contributed by atoms with van der Waals surface area (Å²) in [4.78, 5) is 11.9. The van der Waals surface area contributed by atoms with Crippen molar-refractivity contribution in [3.8, 4) is 0 Å². The molecule has 0 aliphatic heterocycles. The maximum atomic E-state index is 11.9. The van der Waals surface area contributed by atoms with E-state index in [1.165, 1.54) is 64.9 Å². The lowest BCUT2D eigenvalue weighted by atomic mass is 9.87. The predicted molar refractivity (Wildman–Crippen MR) is 107 cm³/mol. The zero-order chi connectivity index (χ0) is 18.3. The van der Waals surface area contributed by atoms with E-state index in [2.05, 4.69) is 25.6 Å². The van der Waals surface area contributed by atoms with E-state index in [9.17, 15) is 4.79 Å². The van der Waals surface area contributed by atoms with Gasteiger partial charge in [-0.25, -0.2) is 4.79 Å². The monoisotopic (exact) mass is 344 g/mol. The van der Waals surface area contributed by atoms with Gasteiger partial charge in [0.25, 0.3) is 0 Å². The van der Waals surface area contributed by atoms with Crippen LogP contribution in [0.4, 0.5) is 0 Å². The number of unbranched alkanes of at least 4 members (excludes halogenated alkanes) is 9. The number of hydrogen-bond donors (Lipinski definition) is 0. The fourth-order valence-electron chi connectivity index (χ4n) is 3.34.